The zero-order valence-corrected chi connectivity index (χ0v) is 12.6. The van der Waals surface area contributed by atoms with Crippen molar-refractivity contribution in [1.82, 2.24) is 15.2 Å². The normalized spacial score (nSPS) is 13.2. The molecular formula is C15H27N3O. The van der Waals surface area contributed by atoms with E-state index in [0.29, 0.717) is 12.1 Å². The zero-order chi connectivity index (χ0) is 14.1. The van der Waals surface area contributed by atoms with Crippen LogP contribution in [0.1, 0.15) is 26.3 Å². The highest BCUT2D eigenvalue weighted by Gasteiger charge is 2.17. The Morgan fingerprint density at radius 1 is 1.32 bits per heavy atom. The van der Waals surface area contributed by atoms with Crippen LogP contribution in [0.3, 0.4) is 0 Å². The molecule has 0 aliphatic heterocycles. The summed E-state index contributed by atoms with van der Waals surface area (Å²) < 4.78 is 5.36. The minimum Gasteiger partial charge on any atom is -0.383 e. The molecule has 0 saturated carbocycles. The Balaban J connectivity index is 2.61. The second kappa shape index (κ2) is 9.02. The van der Waals surface area contributed by atoms with Crippen LogP contribution < -0.4 is 5.32 Å². The summed E-state index contributed by atoms with van der Waals surface area (Å²) in [7, 11) is 1.77. The number of aromatic nitrogens is 1. The first-order valence-electron chi connectivity index (χ1n) is 7.02. The quantitative estimate of drug-likeness (QED) is 0.740. The van der Waals surface area contributed by atoms with Gasteiger partial charge >= 0.3 is 0 Å². The molecule has 0 saturated heterocycles. The summed E-state index contributed by atoms with van der Waals surface area (Å²) in [4.78, 5) is 6.50. The Morgan fingerprint density at radius 2 is 2.00 bits per heavy atom. The van der Waals surface area contributed by atoms with Gasteiger partial charge in [-0.1, -0.05) is 20.8 Å². The molecular weight excluding hydrogens is 238 g/mol. The molecule has 1 aromatic rings. The van der Waals surface area contributed by atoms with Crippen molar-refractivity contribution < 1.29 is 4.74 Å². The van der Waals surface area contributed by atoms with E-state index in [1.165, 1.54) is 5.56 Å². The molecule has 1 N–H and O–H groups in total. The molecule has 1 rings (SSSR count). The standard InChI is InChI=1S/C15H27N3O/c1-5-18(11-14-6-8-16-9-7-14)15(12-19-4)10-17-13(2)3/h6-9,13,15,17H,5,10-12H2,1-4H3. The average Bonchev–Trinajstić information content (AvgIpc) is 2.42. The van der Waals surface area contributed by atoms with Crippen molar-refractivity contribution in [3.8, 4) is 0 Å². The number of nitrogens with zero attached hydrogens (tertiary/aromatic N) is 2. The lowest BCUT2D eigenvalue weighted by molar-refractivity contribution is 0.0867. The van der Waals surface area contributed by atoms with Crippen molar-refractivity contribution >= 4 is 0 Å². The molecule has 0 aromatic carbocycles. The molecule has 0 radical (unpaired) electrons. The van der Waals surface area contributed by atoms with E-state index >= 15 is 0 Å². The van der Waals surface area contributed by atoms with Gasteiger partial charge in [0.05, 0.1) is 6.61 Å². The number of hydrogen-bond donors (Lipinski definition) is 1. The molecule has 0 fully saturated rings. The van der Waals surface area contributed by atoms with Crippen molar-refractivity contribution in [3.63, 3.8) is 0 Å². The Labute approximate surface area is 117 Å². The highest BCUT2D eigenvalue weighted by molar-refractivity contribution is 5.09. The molecule has 0 spiro atoms. The van der Waals surface area contributed by atoms with Crippen LogP contribution in [0.5, 0.6) is 0 Å². The highest BCUT2D eigenvalue weighted by atomic mass is 16.5. The van der Waals surface area contributed by atoms with Gasteiger partial charge in [0.15, 0.2) is 0 Å². The molecule has 4 nitrogen and oxygen atoms in total. The minimum atomic E-state index is 0.394. The summed E-state index contributed by atoms with van der Waals surface area (Å²) in [5, 5.41) is 3.50. The van der Waals surface area contributed by atoms with Crippen LogP contribution in [0.2, 0.25) is 0 Å². The number of nitrogens with one attached hydrogen (secondary N) is 1. The fraction of sp³-hybridized carbons (Fsp3) is 0.667. The van der Waals surface area contributed by atoms with Crippen molar-refractivity contribution in [3.05, 3.63) is 30.1 Å². The molecule has 0 aliphatic rings. The Morgan fingerprint density at radius 3 is 2.53 bits per heavy atom. The minimum absolute atomic E-state index is 0.394. The van der Waals surface area contributed by atoms with Crippen LogP contribution in [0.4, 0.5) is 0 Å². The number of hydrogen-bond acceptors (Lipinski definition) is 4. The molecule has 1 aromatic heterocycles. The summed E-state index contributed by atoms with van der Waals surface area (Å²) >= 11 is 0. The average molecular weight is 265 g/mol. The molecule has 108 valence electrons. The predicted molar refractivity (Wildman–Crippen MR) is 79.1 cm³/mol. The largest absolute Gasteiger partial charge is 0.383 e. The second-order valence-corrected chi connectivity index (χ2v) is 5.09. The van der Waals surface area contributed by atoms with Gasteiger partial charge in [0.1, 0.15) is 0 Å². The fourth-order valence-corrected chi connectivity index (χ4v) is 2.08. The number of likely N-dealkylation sites (N-methyl/N-ethyl adjacent to an activating group) is 1. The third kappa shape index (κ3) is 6.14. The van der Waals surface area contributed by atoms with Crippen LogP contribution in [0, 0.1) is 0 Å². The topological polar surface area (TPSA) is 37.4 Å². The molecule has 0 amide bonds. The molecule has 4 heteroatoms. The van der Waals surface area contributed by atoms with E-state index in [4.69, 9.17) is 4.74 Å². The van der Waals surface area contributed by atoms with E-state index < -0.39 is 0 Å². The summed E-state index contributed by atoms with van der Waals surface area (Å²) in [6.07, 6.45) is 3.70. The lowest BCUT2D eigenvalue weighted by atomic mass is 10.2. The number of ether oxygens (including phenoxy) is 1. The van der Waals surface area contributed by atoms with Gasteiger partial charge in [-0.2, -0.15) is 0 Å². The lowest BCUT2D eigenvalue weighted by Crippen LogP contribution is -2.46. The van der Waals surface area contributed by atoms with Gasteiger partial charge in [0.25, 0.3) is 0 Å². The number of pyridine rings is 1. The fourth-order valence-electron chi connectivity index (χ4n) is 2.08. The van der Waals surface area contributed by atoms with E-state index in [-0.39, 0.29) is 0 Å². The summed E-state index contributed by atoms with van der Waals surface area (Å²) in [6, 6.07) is 5.04. The monoisotopic (exact) mass is 265 g/mol. The Hall–Kier alpha value is -0.970. The first kappa shape index (κ1) is 16.1. The summed E-state index contributed by atoms with van der Waals surface area (Å²) in [6.45, 7) is 10.2. The van der Waals surface area contributed by atoms with Gasteiger partial charge in [-0.05, 0) is 24.2 Å². The van der Waals surface area contributed by atoms with E-state index in [1.807, 2.05) is 12.4 Å². The van der Waals surface area contributed by atoms with Gasteiger partial charge in [-0.3, -0.25) is 9.88 Å². The molecule has 1 unspecified atom stereocenters. The molecule has 0 aliphatic carbocycles. The van der Waals surface area contributed by atoms with Gasteiger partial charge in [-0.25, -0.2) is 0 Å². The maximum atomic E-state index is 5.36. The van der Waals surface area contributed by atoms with Gasteiger partial charge in [0.2, 0.25) is 0 Å². The summed E-state index contributed by atoms with van der Waals surface area (Å²) in [5.74, 6) is 0. The van der Waals surface area contributed by atoms with Crippen LogP contribution in [-0.4, -0.2) is 48.8 Å². The van der Waals surface area contributed by atoms with Crippen LogP contribution in [-0.2, 0) is 11.3 Å². The Bertz CT molecular complexity index is 329. The lowest BCUT2D eigenvalue weighted by Gasteiger charge is -2.31. The van der Waals surface area contributed by atoms with Crippen molar-refractivity contribution in [2.24, 2.45) is 0 Å². The van der Waals surface area contributed by atoms with Crippen molar-refractivity contribution in [2.75, 3.05) is 26.8 Å². The third-order valence-corrected chi connectivity index (χ3v) is 3.18. The van der Waals surface area contributed by atoms with E-state index in [0.717, 1.165) is 26.2 Å². The molecule has 1 heterocycles. The van der Waals surface area contributed by atoms with E-state index in [2.05, 4.69) is 48.1 Å². The predicted octanol–water partition coefficient (Wildman–Crippen LogP) is 1.92. The summed E-state index contributed by atoms with van der Waals surface area (Å²) in [5.41, 5.74) is 1.29. The third-order valence-electron chi connectivity index (χ3n) is 3.18. The van der Waals surface area contributed by atoms with E-state index in [1.54, 1.807) is 7.11 Å². The second-order valence-electron chi connectivity index (χ2n) is 5.09. The zero-order valence-electron chi connectivity index (χ0n) is 12.6. The van der Waals surface area contributed by atoms with Crippen molar-refractivity contribution in [1.29, 1.82) is 0 Å². The SMILES string of the molecule is CCN(Cc1ccncc1)C(CNC(C)C)COC. The van der Waals surface area contributed by atoms with Crippen LogP contribution >= 0.6 is 0 Å². The maximum absolute atomic E-state index is 5.36. The number of rotatable bonds is 9. The molecule has 19 heavy (non-hydrogen) atoms. The first-order chi connectivity index (χ1) is 9.17. The smallest absolute Gasteiger partial charge is 0.0630 e. The Kier molecular flexibility index (Phi) is 7.63. The van der Waals surface area contributed by atoms with Gasteiger partial charge in [0, 0.05) is 44.7 Å². The van der Waals surface area contributed by atoms with E-state index in [9.17, 15) is 0 Å². The highest BCUT2D eigenvalue weighted by Crippen LogP contribution is 2.08. The van der Waals surface area contributed by atoms with Crippen LogP contribution in [0.15, 0.2) is 24.5 Å². The van der Waals surface area contributed by atoms with Gasteiger partial charge in [-0.15, -0.1) is 0 Å². The number of methoxy groups -OCH3 is 1. The van der Waals surface area contributed by atoms with Gasteiger partial charge < -0.3 is 10.1 Å². The molecule has 1 atom stereocenters. The first-order valence-corrected chi connectivity index (χ1v) is 7.02. The van der Waals surface area contributed by atoms with Crippen LogP contribution in [0.25, 0.3) is 0 Å². The molecule has 0 bridgehead atoms. The van der Waals surface area contributed by atoms with Crippen molar-refractivity contribution in [2.45, 2.75) is 39.4 Å². The maximum Gasteiger partial charge on any atom is 0.0630 e.